The largest absolute Gasteiger partial charge is 0.381 e. The van der Waals surface area contributed by atoms with Gasteiger partial charge < -0.3 is 15.0 Å². The van der Waals surface area contributed by atoms with Crippen molar-refractivity contribution in [3.8, 4) is 0 Å². The Hall–Kier alpha value is -1.62. The van der Waals surface area contributed by atoms with Crippen molar-refractivity contribution >= 4 is 11.7 Å². The van der Waals surface area contributed by atoms with Crippen molar-refractivity contribution in [3.63, 3.8) is 0 Å². The molecule has 0 unspecified atom stereocenters. The van der Waals surface area contributed by atoms with Crippen molar-refractivity contribution in [3.05, 3.63) is 23.9 Å². The van der Waals surface area contributed by atoms with Crippen molar-refractivity contribution in [1.82, 2.24) is 9.88 Å². The summed E-state index contributed by atoms with van der Waals surface area (Å²) in [5.74, 6) is 0.780. The van der Waals surface area contributed by atoms with Gasteiger partial charge in [-0.05, 0) is 25.0 Å². The van der Waals surface area contributed by atoms with Gasteiger partial charge in [0, 0.05) is 33.4 Å². The average molecular weight is 249 g/mol. The highest BCUT2D eigenvalue weighted by Gasteiger charge is 2.28. The summed E-state index contributed by atoms with van der Waals surface area (Å²) in [4.78, 5) is 17.5. The third-order valence-electron chi connectivity index (χ3n) is 3.20. The van der Waals surface area contributed by atoms with Crippen LogP contribution in [-0.4, -0.2) is 49.1 Å². The average Bonchev–Trinajstić information content (AvgIpc) is 2.33. The number of pyridine rings is 1. The van der Waals surface area contributed by atoms with Gasteiger partial charge in [0.25, 0.3) is 5.91 Å². The first kappa shape index (κ1) is 12.8. The van der Waals surface area contributed by atoms with Crippen LogP contribution in [0.2, 0.25) is 0 Å². The van der Waals surface area contributed by atoms with E-state index in [0.717, 1.165) is 18.7 Å². The van der Waals surface area contributed by atoms with Crippen LogP contribution in [0.3, 0.4) is 0 Å². The van der Waals surface area contributed by atoms with Gasteiger partial charge in [-0.3, -0.25) is 4.79 Å². The Kier molecular flexibility index (Phi) is 3.81. The lowest BCUT2D eigenvalue weighted by Crippen LogP contribution is -2.40. The zero-order chi connectivity index (χ0) is 13.1. The minimum absolute atomic E-state index is 0.0304. The van der Waals surface area contributed by atoms with E-state index in [1.54, 1.807) is 38.4 Å². The van der Waals surface area contributed by atoms with Gasteiger partial charge in [0.05, 0.1) is 11.7 Å². The topological polar surface area (TPSA) is 54.5 Å². The molecule has 98 valence electrons. The van der Waals surface area contributed by atoms with Gasteiger partial charge in [-0.25, -0.2) is 4.98 Å². The van der Waals surface area contributed by atoms with E-state index in [4.69, 9.17) is 4.74 Å². The molecular weight excluding hydrogens is 230 g/mol. The quantitative estimate of drug-likeness (QED) is 0.875. The van der Waals surface area contributed by atoms with Gasteiger partial charge >= 0.3 is 0 Å². The Morgan fingerprint density at radius 1 is 1.44 bits per heavy atom. The zero-order valence-electron chi connectivity index (χ0n) is 11.0. The van der Waals surface area contributed by atoms with Gasteiger partial charge in [-0.1, -0.05) is 0 Å². The number of hydrogen-bond acceptors (Lipinski definition) is 4. The van der Waals surface area contributed by atoms with Crippen LogP contribution in [-0.2, 0) is 4.74 Å². The predicted molar refractivity (Wildman–Crippen MR) is 69.7 cm³/mol. The summed E-state index contributed by atoms with van der Waals surface area (Å²) in [6.07, 6.45) is 4.00. The number of carbonyl (C=O) groups is 1. The highest BCUT2D eigenvalue weighted by molar-refractivity contribution is 5.93. The van der Waals surface area contributed by atoms with E-state index in [2.05, 4.69) is 10.3 Å². The number of carbonyl (C=O) groups excluding carboxylic acids is 1. The van der Waals surface area contributed by atoms with E-state index in [9.17, 15) is 4.79 Å². The lowest BCUT2D eigenvalue weighted by Gasteiger charge is -2.34. The molecule has 1 saturated carbocycles. The number of hydrogen-bond donors (Lipinski definition) is 1. The monoisotopic (exact) mass is 249 g/mol. The van der Waals surface area contributed by atoms with Gasteiger partial charge in [0.1, 0.15) is 5.82 Å². The molecule has 0 aliphatic heterocycles. The van der Waals surface area contributed by atoms with Crippen LogP contribution in [0.1, 0.15) is 23.2 Å². The smallest absolute Gasteiger partial charge is 0.254 e. The Balaban J connectivity index is 1.90. The van der Waals surface area contributed by atoms with Gasteiger partial charge in [0.15, 0.2) is 0 Å². The van der Waals surface area contributed by atoms with Crippen LogP contribution in [0.15, 0.2) is 18.3 Å². The summed E-state index contributed by atoms with van der Waals surface area (Å²) >= 11 is 0. The Bertz CT molecular complexity index is 411. The van der Waals surface area contributed by atoms with Crippen molar-refractivity contribution in [2.75, 3.05) is 26.5 Å². The summed E-state index contributed by atoms with van der Waals surface area (Å²) < 4.78 is 5.22. The molecule has 1 aliphatic carbocycles. The molecular formula is C13H19N3O2. The molecule has 0 radical (unpaired) electrons. The normalized spacial score (nSPS) is 22.2. The molecule has 0 aromatic carbocycles. The van der Waals surface area contributed by atoms with E-state index in [1.165, 1.54) is 0 Å². The molecule has 1 aliphatic rings. The minimum atomic E-state index is -0.0304. The molecule has 1 aromatic heterocycles. The van der Waals surface area contributed by atoms with Crippen LogP contribution >= 0.6 is 0 Å². The zero-order valence-corrected chi connectivity index (χ0v) is 11.0. The third kappa shape index (κ3) is 2.79. The lowest BCUT2D eigenvalue weighted by atomic mass is 9.89. The van der Waals surface area contributed by atoms with Crippen molar-refractivity contribution in [2.24, 2.45) is 0 Å². The fourth-order valence-corrected chi connectivity index (χ4v) is 1.95. The van der Waals surface area contributed by atoms with E-state index in [-0.39, 0.29) is 5.91 Å². The number of aromatic nitrogens is 1. The molecule has 1 amide bonds. The highest BCUT2D eigenvalue weighted by Crippen LogP contribution is 2.25. The van der Waals surface area contributed by atoms with Crippen LogP contribution in [0.25, 0.3) is 0 Å². The summed E-state index contributed by atoms with van der Waals surface area (Å²) in [7, 11) is 5.20. The van der Waals surface area contributed by atoms with Crippen molar-refractivity contribution in [1.29, 1.82) is 0 Å². The number of methoxy groups -OCH3 is 1. The molecule has 0 spiro atoms. The Morgan fingerprint density at radius 2 is 2.17 bits per heavy atom. The highest BCUT2D eigenvalue weighted by atomic mass is 16.5. The molecule has 1 N–H and O–H groups in total. The van der Waals surface area contributed by atoms with Gasteiger partial charge in [-0.15, -0.1) is 0 Å². The predicted octanol–water partition coefficient (Wildman–Crippen LogP) is 1.37. The van der Waals surface area contributed by atoms with Gasteiger partial charge in [-0.2, -0.15) is 0 Å². The van der Waals surface area contributed by atoms with E-state index in [0.29, 0.717) is 17.7 Å². The molecule has 1 aromatic rings. The second-order valence-corrected chi connectivity index (χ2v) is 4.80. The second-order valence-electron chi connectivity index (χ2n) is 4.80. The maximum absolute atomic E-state index is 11.7. The maximum atomic E-state index is 11.7. The van der Waals surface area contributed by atoms with Crippen molar-refractivity contribution in [2.45, 2.75) is 25.0 Å². The van der Waals surface area contributed by atoms with E-state index >= 15 is 0 Å². The number of amides is 1. The summed E-state index contributed by atoms with van der Waals surface area (Å²) in [5.41, 5.74) is 0.605. The number of rotatable bonds is 4. The van der Waals surface area contributed by atoms with Crippen molar-refractivity contribution < 1.29 is 9.53 Å². The number of nitrogens with one attached hydrogen (secondary N) is 1. The number of anilines is 1. The number of ether oxygens (including phenoxy) is 1. The number of nitrogens with zero attached hydrogens (tertiary/aromatic N) is 2. The maximum Gasteiger partial charge on any atom is 0.254 e. The van der Waals surface area contributed by atoms with Crippen LogP contribution in [0, 0.1) is 0 Å². The standard InChI is InChI=1S/C13H19N3O2/c1-16(2)13(17)9-4-5-12(14-8-9)15-10-6-11(7-10)18-3/h4-5,8,10-11H,6-7H2,1-3H3,(H,14,15). The Labute approximate surface area is 107 Å². The molecule has 1 fully saturated rings. The first-order valence-electron chi connectivity index (χ1n) is 6.07. The molecule has 18 heavy (non-hydrogen) atoms. The molecule has 5 heteroatoms. The lowest BCUT2D eigenvalue weighted by molar-refractivity contribution is 0.0328. The second kappa shape index (κ2) is 5.35. The van der Waals surface area contributed by atoms with Crippen LogP contribution in [0.5, 0.6) is 0 Å². The minimum Gasteiger partial charge on any atom is -0.381 e. The summed E-state index contributed by atoms with van der Waals surface area (Å²) in [5, 5.41) is 3.32. The summed E-state index contributed by atoms with van der Waals surface area (Å²) in [6.45, 7) is 0. The van der Waals surface area contributed by atoms with E-state index < -0.39 is 0 Å². The SMILES string of the molecule is COC1CC(Nc2ccc(C(=O)N(C)C)cn2)C1. The molecule has 2 rings (SSSR count). The molecule has 0 atom stereocenters. The van der Waals surface area contributed by atoms with Gasteiger partial charge in [0.2, 0.25) is 0 Å². The van der Waals surface area contributed by atoms with Crippen LogP contribution in [0.4, 0.5) is 5.82 Å². The molecule has 0 saturated heterocycles. The van der Waals surface area contributed by atoms with E-state index in [1.807, 2.05) is 6.07 Å². The fraction of sp³-hybridized carbons (Fsp3) is 0.538. The van der Waals surface area contributed by atoms with Crippen LogP contribution < -0.4 is 5.32 Å². The first-order chi connectivity index (χ1) is 8.60. The fourth-order valence-electron chi connectivity index (χ4n) is 1.95. The summed E-state index contributed by atoms with van der Waals surface area (Å²) in [6, 6.07) is 4.07. The Morgan fingerprint density at radius 3 is 2.67 bits per heavy atom. The third-order valence-corrected chi connectivity index (χ3v) is 3.20. The molecule has 1 heterocycles. The molecule has 0 bridgehead atoms. The first-order valence-corrected chi connectivity index (χ1v) is 6.07. The molecule has 5 nitrogen and oxygen atoms in total.